The highest BCUT2D eigenvalue weighted by Gasteiger charge is 2.16. The van der Waals surface area contributed by atoms with Crippen molar-refractivity contribution >= 4 is 17.6 Å². The predicted molar refractivity (Wildman–Crippen MR) is 77.9 cm³/mol. The summed E-state index contributed by atoms with van der Waals surface area (Å²) in [6, 6.07) is -0.307. The number of nitrogens with two attached hydrogens (primary N) is 1. The molecule has 2 aromatic rings. The maximum Gasteiger partial charge on any atom is 0.321 e. The summed E-state index contributed by atoms with van der Waals surface area (Å²) >= 11 is 0. The van der Waals surface area contributed by atoms with Crippen molar-refractivity contribution in [1.82, 2.24) is 19.8 Å². The molecule has 0 radical (unpaired) electrons. The molecule has 0 saturated carbocycles. The number of nitrogens with one attached hydrogen (secondary N) is 1. The highest BCUT2D eigenvalue weighted by molar-refractivity contribution is 5.88. The van der Waals surface area contributed by atoms with Gasteiger partial charge < -0.3 is 20.5 Å². The molecule has 9 heteroatoms. The van der Waals surface area contributed by atoms with Gasteiger partial charge in [0, 0.05) is 18.8 Å². The van der Waals surface area contributed by atoms with Gasteiger partial charge in [-0.1, -0.05) is 5.16 Å². The van der Waals surface area contributed by atoms with Crippen LogP contribution in [0, 0.1) is 13.8 Å². The van der Waals surface area contributed by atoms with E-state index in [9.17, 15) is 9.59 Å². The molecular weight excluding hydrogens is 288 g/mol. The normalized spacial score (nSPS) is 10.5. The number of primary amides is 1. The van der Waals surface area contributed by atoms with Crippen LogP contribution < -0.4 is 11.1 Å². The minimum Gasteiger partial charge on any atom is -0.368 e. The van der Waals surface area contributed by atoms with Crippen LogP contribution in [-0.4, -0.2) is 38.8 Å². The number of amides is 3. The van der Waals surface area contributed by atoms with Gasteiger partial charge in [-0.2, -0.15) is 5.10 Å². The van der Waals surface area contributed by atoms with Crippen molar-refractivity contribution in [3.8, 4) is 0 Å². The third-order valence-electron chi connectivity index (χ3n) is 3.13. The van der Waals surface area contributed by atoms with Crippen LogP contribution >= 0.6 is 0 Å². The van der Waals surface area contributed by atoms with E-state index in [0.717, 1.165) is 11.3 Å². The zero-order valence-corrected chi connectivity index (χ0v) is 12.7. The summed E-state index contributed by atoms with van der Waals surface area (Å²) in [7, 11) is 1.66. The molecule has 0 aliphatic carbocycles. The predicted octanol–water partition coefficient (Wildman–Crippen LogP) is 0.637. The lowest BCUT2D eigenvalue weighted by atomic mass is 10.2. The van der Waals surface area contributed by atoms with Gasteiger partial charge in [0.2, 0.25) is 5.91 Å². The second-order valence-corrected chi connectivity index (χ2v) is 4.98. The van der Waals surface area contributed by atoms with Gasteiger partial charge in [-0.3, -0.25) is 9.48 Å². The molecule has 0 bridgehead atoms. The number of rotatable bonds is 5. The van der Waals surface area contributed by atoms with Gasteiger partial charge >= 0.3 is 6.03 Å². The molecule has 0 aromatic carbocycles. The Hall–Kier alpha value is -2.84. The molecule has 3 amide bonds. The van der Waals surface area contributed by atoms with E-state index in [1.54, 1.807) is 14.0 Å². The molecule has 22 heavy (non-hydrogen) atoms. The van der Waals surface area contributed by atoms with Crippen LogP contribution in [0.5, 0.6) is 0 Å². The first-order valence-electron chi connectivity index (χ1n) is 6.61. The number of carbonyl (C=O) groups excluding carboxylic acids is 2. The molecule has 3 N–H and O–H groups in total. The fourth-order valence-electron chi connectivity index (χ4n) is 1.93. The van der Waals surface area contributed by atoms with E-state index in [2.05, 4.69) is 15.6 Å². The zero-order chi connectivity index (χ0) is 16.3. The van der Waals surface area contributed by atoms with Crippen LogP contribution in [-0.2, 0) is 17.9 Å². The summed E-state index contributed by atoms with van der Waals surface area (Å²) in [6.45, 7) is 3.97. The van der Waals surface area contributed by atoms with Crippen LogP contribution in [0.4, 0.5) is 10.5 Å². The summed E-state index contributed by atoms with van der Waals surface area (Å²) in [6.07, 6.45) is 2.98. The molecule has 0 spiro atoms. The monoisotopic (exact) mass is 306 g/mol. The molecule has 118 valence electrons. The van der Waals surface area contributed by atoms with Crippen LogP contribution in [0.15, 0.2) is 16.9 Å². The summed E-state index contributed by atoms with van der Waals surface area (Å²) in [5.41, 5.74) is 7.19. The SMILES string of the molecule is Cc1noc(C)c1CN(C)C(=O)Nc1cnn(CC(N)=O)c1. The number of carbonyl (C=O) groups is 2. The van der Waals surface area contributed by atoms with Gasteiger partial charge in [0.15, 0.2) is 0 Å². The maximum absolute atomic E-state index is 12.1. The average molecular weight is 306 g/mol. The molecule has 0 fully saturated rings. The Balaban J connectivity index is 1.96. The maximum atomic E-state index is 12.1. The van der Waals surface area contributed by atoms with Gasteiger partial charge in [0.25, 0.3) is 0 Å². The quantitative estimate of drug-likeness (QED) is 0.840. The number of nitrogens with zero attached hydrogens (tertiary/aromatic N) is 4. The average Bonchev–Trinajstić information content (AvgIpc) is 2.99. The van der Waals surface area contributed by atoms with Gasteiger partial charge in [-0.15, -0.1) is 0 Å². The molecule has 0 saturated heterocycles. The van der Waals surface area contributed by atoms with E-state index in [0.29, 0.717) is 18.0 Å². The van der Waals surface area contributed by atoms with Crippen molar-refractivity contribution in [2.45, 2.75) is 26.9 Å². The lowest BCUT2D eigenvalue weighted by Crippen LogP contribution is -2.31. The lowest BCUT2D eigenvalue weighted by Gasteiger charge is -2.17. The van der Waals surface area contributed by atoms with Crippen molar-refractivity contribution in [3.63, 3.8) is 0 Å². The van der Waals surface area contributed by atoms with Crippen molar-refractivity contribution in [2.75, 3.05) is 12.4 Å². The molecule has 0 aliphatic rings. The standard InChI is InChI=1S/C13H18N6O3/c1-8-11(9(2)22-17-8)6-18(3)13(21)16-10-4-15-19(5-10)7-12(14)20/h4-5H,6-7H2,1-3H3,(H2,14,20)(H,16,21). The van der Waals surface area contributed by atoms with Crippen LogP contribution in [0.1, 0.15) is 17.0 Å². The van der Waals surface area contributed by atoms with Crippen molar-refractivity contribution < 1.29 is 14.1 Å². The summed E-state index contributed by atoms with van der Waals surface area (Å²) in [4.78, 5) is 24.4. The van der Waals surface area contributed by atoms with Crippen LogP contribution in [0.2, 0.25) is 0 Å². The molecule has 2 rings (SSSR count). The van der Waals surface area contributed by atoms with E-state index >= 15 is 0 Å². The third-order valence-corrected chi connectivity index (χ3v) is 3.13. The molecule has 2 heterocycles. The number of aryl methyl sites for hydroxylation is 2. The Morgan fingerprint density at radius 1 is 1.45 bits per heavy atom. The first kappa shape index (κ1) is 15.5. The Bertz CT molecular complexity index is 670. The van der Waals surface area contributed by atoms with E-state index in [1.807, 2.05) is 6.92 Å². The lowest BCUT2D eigenvalue weighted by molar-refractivity contribution is -0.118. The van der Waals surface area contributed by atoms with Crippen molar-refractivity contribution in [3.05, 3.63) is 29.4 Å². The molecule has 0 unspecified atom stereocenters. The van der Waals surface area contributed by atoms with E-state index in [1.165, 1.54) is 22.0 Å². The van der Waals surface area contributed by atoms with E-state index in [-0.39, 0.29) is 12.6 Å². The Morgan fingerprint density at radius 3 is 2.77 bits per heavy atom. The number of hydrogen-bond donors (Lipinski definition) is 2. The number of hydrogen-bond acceptors (Lipinski definition) is 5. The Labute approximate surface area is 127 Å². The Morgan fingerprint density at radius 2 is 2.18 bits per heavy atom. The first-order chi connectivity index (χ1) is 10.4. The number of anilines is 1. The van der Waals surface area contributed by atoms with Crippen LogP contribution in [0.25, 0.3) is 0 Å². The molecule has 9 nitrogen and oxygen atoms in total. The minimum atomic E-state index is -0.503. The molecular formula is C13H18N6O3. The second kappa shape index (κ2) is 6.29. The van der Waals surface area contributed by atoms with E-state index in [4.69, 9.17) is 10.3 Å². The molecule has 0 atom stereocenters. The molecule has 0 aliphatic heterocycles. The van der Waals surface area contributed by atoms with E-state index < -0.39 is 5.91 Å². The van der Waals surface area contributed by atoms with Gasteiger partial charge in [0.05, 0.1) is 24.1 Å². The van der Waals surface area contributed by atoms with Gasteiger partial charge in [-0.05, 0) is 13.8 Å². The highest BCUT2D eigenvalue weighted by Crippen LogP contribution is 2.15. The minimum absolute atomic E-state index is 0.0369. The first-order valence-corrected chi connectivity index (χ1v) is 6.61. The summed E-state index contributed by atoms with van der Waals surface area (Å²) in [5, 5.41) is 10.5. The topological polar surface area (TPSA) is 119 Å². The third kappa shape index (κ3) is 3.62. The summed E-state index contributed by atoms with van der Waals surface area (Å²) in [5.74, 6) is 0.183. The van der Waals surface area contributed by atoms with Gasteiger partial charge in [0.1, 0.15) is 12.3 Å². The zero-order valence-electron chi connectivity index (χ0n) is 12.7. The second-order valence-electron chi connectivity index (χ2n) is 4.98. The Kier molecular flexibility index (Phi) is 4.44. The highest BCUT2D eigenvalue weighted by atomic mass is 16.5. The smallest absolute Gasteiger partial charge is 0.321 e. The molecule has 2 aromatic heterocycles. The van der Waals surface area contributed by atoms with Crippen molar-refractivity contribution in [1.29, 1.82) is 0 Å². The largest absolute Gasteiger partial charge is 0.368 e. The van der Waals surface area contributed by atoms with Crippen molar-refractivity contribution in [2.24, 2.45) is 5.73 Å². The van der Waals surface area contributed by atoms with Crippen LogP contribution in [0.3, 0.4) is 0 Å². The number of urea groups is 1. The fourth-order valence-corrected chi connectivity index (χ4v) is 1.93. The summed E-state index contributed by atoms with van der Waals surface area (Å²) < 4.78 is 6.42. The number of aromatic nitrogens is 3. The fraction of sp³-hybridized carbons (Fsp3) is 0.385. The van der Waals surface area contributed by atoms with Gasteiger partial charge in [-0.25, -0.2) is 4.79 Å².